The van der Waals surface area contributed by atoms with Crippen LogP contribution in [-0.2, 0) is 19.1 Å². The first-order chi connectivity index (χ1) is 28.0. The third-order valence-corrected chi connectivity index (χ3v) is 11.5. The van der Waals surface area contributed by atoms with Gasteiger partial charge in [-0.25, -0.2) is 14.8 Å². The van der Waals surface area contributed by atoms with E-state index in [0.29, 0.717) is 36.2 Å². The number of nitrogens with one attached hydrogen (secondary N) is 4. The second-order valence-corrected chi connectivity index (χ2v) is 15.9. The van der Waals surface area contributed by atoms with Crippen LogP contribution in [0.1, 0.15) is 77.1 Å². The lowest BCUT2D eigenvalue weighted by Gasteiger charge is -2.30. The number of aromatic amines is 2. The Kier molecular flexibility index (Phi) is 10.4. The zero-order valence-electron chi connectivity index (χ0n) is 33.2. The van der Waals surface area contributed by atoms with Gasteiger partial charge in [0.15, 0.2) is 11.5 Å². The van der Waals surface area contributed by atoms with E-state index in [1.54, 1.807) is 22.2 Å². The number of H-pyrrole nitrogens is 2. The number of carbonyl (C=O) groups is 4. The van der Waals surface area contributed by atoms with Gasteiger partial charge in [-0.15, -0.1) is 0 Å². The van der Waals surface area contributed by atoms with Gasteiger partial charge >= 0.3 is 6.09 Å². The van der Waals surface area contributed by atoms with Crippen molar-refractivity contribution in [1.29, 1.82) is 0 Å². The Balaban J connectivity index is 1.01. The van der Waals surface area contributed by atoms with E-state index in [9.17, 15) is 24.3 Å². The molecule has 8 rings (SSSR count). The van der Waals surface area contributed by atoms with Crippen molar-refractivity contribution < 1.29 is 33.8 Å². The summed E-state index contributed by atoms with van der Waals surface area (Å²) in [5, 5.41) is 15.6. The monoisotopic (exact) mass is 791 g/mol. The van der Waals surface area contributed by atoms with E-state index in [1.165, 1.54) is 7.11 Å². The molecule has 3 aliphatic rings. The lowest BCUT2D eigenvalue weighted by Crippen LogP contribution is -2.51. The van der Waals surface area contributed by atoms with Crippen LogP contribution >= 0.6 is 0 Å². The number of ether oxygens (including phenoxy) is 2. The summed E-state index contributed by atoms with van der Waals surface area (Å²) in [4.78, 5) is 71.3. The van der Waals surface area contributed by atoms with Gasteiger partial charge in [-0.1, -0.05) is 33.8 Å². The number of alkyl carbamates (subject to hydrolysis) is 1. The van der Waals surface area contributed by atoms with Gasteiger partial charge in [-0.2, -0.15) is 0 Å². The molecule has 4 atom stereocenters. The van der Waals surface area contributed by atoms with Crippen LogP contribution in [0.25, 0.3) is 39.1 Å². The highest BCUT2D eigenvalue weighted by Crippen LogP contribution is 2.45. The molecule has 3 aliphatic heterocycles. The Morgan fingerprint density at radius 1 is 0.845 bits per heavy atom. The van der Waals surface area contributed by atoms with E-state index in [-0.39, 0.29) is 35.7 Å². The van der Waals surface area contributed by atoms with Gasteiger partial charge in [-0.05, 0) is 67.9 Å². The lowest BCUT2D eigenvalue weighted by atomic mass is 10.0. The number of aromatic nitrogens is 5. The lowest BCUT2D eigenvalue weighted by molar-refractivity contribution is -0.139. The fourth-order valence-corrected chi connectivity index (χ4v) is 8.54. The second kappa shape index (κ2) is 15.6. The van der Waals surface area contributed by atoms with Crippen LogP contribution in [0, 0.1) is 11.8 Å². The van der Waals surface area contributed by atoms with Crippen molar-refractivity contribution in [2.24, 2.45) is 11.8 Å². The number of fused-ring (bicyclic) bond motifs is 2. The maximum Gasteiger partial charge on any atom is 0.407 e. The quantitative estimate of drug-likeness (QED) is 0.115. The molecule has 0 spiro atoms. The average molecular weight is 792 g/mol. The van der Waals surface area contributed by atoms with Crippen molar-refractivity contribution in [3.8, 4) is 39.7 Å². The predicted octanol–water partition coefficient (Wildman–Crippen LogP) is 5.36. The molecule has 0 unspecified atom stereocenters. The summed E-state index contributed by atoms with van der Waals surface area (Å²) < 4.78 is 13.4. The van der Waals surface area contributed by atoms with Crippen molar-refractivity contribution in [3.63, 3.8) is 0 Å². The number of hydrogen-bond acceptors (Lipinski definition) is 9. The standard InChI is InChI=1S/C42H49N9O7/c1-22(2)35(47-34(53)21-52)40(54)50-15-7-9-31(50)39-44-20-28(46-39)25-11-13-32-37-26(25)14-17-49(37)29-12-10-24(18-33(29)58-32)27-19-43-38(45-27)30-8-6-16-51(30)41(55)36(23(3)4)48-42(56)57-5/h10-14,17-20,22-23,30-31,35-36,52H,6-9,15-16,21H2,1-5H3,(H,43,45)(H,44,46)(H,47,53)(H,48,56)/t30-,31-,35-,36-/m0/s1. The molecule has 3 aromatic heterocycles. The number of imidazole rings is 2. The molecular weight excluding hydrogens is 743 g/mol. The number of benzene rings is 2. The van der Waals surface area contributed by atoms with E-state index >= 15 is 0 Å². The molecule has 2 saturated heterocycles. The number of methoxy groups -OCH3 is 1. The number of aliphatic hydroxyl groups is 1. The van der Waals surface area contributed by atoms with Gasteiger partial charge in [-0.3, -0.25) is 14.4 Å². The first kappa shape index (κ1) is 38.7. The minimum absolute atomic E-state index is 0.126. The predicted molar refractivity (Wildman–Crippen MR) is 214 cm³/mol. The molecule has 6 heterocycles. The molecule has 5 N–H and O–H groups in total. The van der Waals surface area contributed by atoms with E-state index in [2.05, 4.69) is 31.2 Å². The number of aliphatic hydroxyl groups excluding tert-OH is 1. The maximum absolute atomic E-state index is 13.7. The minimum Gasteiger partial charge on any atom is -0.453 e. The number of amides is 4. The first-order valence-electron chi connectivity index (χ1n) is 19.9. The summed E-state index contributed by atoms with van der Waals surface area (Å²) in [5.41, 5.74) is 5.22. The number of rotatable bonds is 11. The third-order valence-electron chi connectivity index (χ3n) is 11.5. The number of nitrogens with zero attached hydrogens (tertiary/aromatic N) is 5. The van der Waals surface area contributed by atoms with E-state index in [4.69, 9.17) is 19.4 Å². The maximum atomic E-state index is 13.7. The van der Waals surface area contributed by atoms with Crippen LogP contribution in [0.5, 0.6) is 11.5 Å². The highest BCUT2D eigenvalue weighted by molar-refractivity contribution is 6.00. The van der Waals surface area contributed by atoms with Crippen LogP contribution in [0.15, 0.2) is 55.0 Å². The minimum atomic E-state index is -0.745. The summed E-state index contributed by atoms with van der Waals surface area (Å²) >= 11 is 0. The number of likely N-dealkylation sites (tertiary alicyclic amines) is 2. The van der Waals surface area contributed by atoms with E-state index < -0.39 is 30.7 Å². The molecule has 4 amide bonds. The number of carbonyl (C=O) groups excluding carboxylic acids is 4. The van der Waals surface area contributed by atoms with Gasteiger partial charge in [0.1, 0.15) is 30.3 Å². The van der Waals surface area contributed by atoms with Gasteiger partial charge in [0.25, 0.3) is 0 Å². The van der Waals surface area contributed by atoms with Crippen LogP contribution in [-0.4, -0.2) is 102 Å². The molecule has 58 heavy (non-hydrogen) atoms. The SMILES string of the molecule is COC(=O)N[C@H](C(=O)N1CCC[C@H]1c1ncc(-c2ccc3c(c2)Oc2ccc(-c4cnc([C@@H]5CCCN5C(=O)[C@@H](NC(=O)CO)C(C)C)[nH]4)c4ccn-3c24)[nH]1)C(C)C. The van der Waals surface area contributed by atoms with Crippen LogP contribution in [0.2, 0.25) is 0 Å². The molecule has 0 bridgehead atoms. The van der Waals surface area contributed by atoms with Gasteiger partial charge < -0.3 is 49.5 Å². The molecule has 304 valence electrons. The Morgan fingerprint density at radius 2 is 1.47 bits per heavy atom. The largest absolute Gasteiger partial charge is 0.453 e. The molecule has 0 aliphatic carbocycles. The third kappa shape index (κ3) is 6.94. The van der Waals surface area contributed by atoms with Crippen molar-refractivity contribution >= 4 is 34.7 Å². The zero-order chi connectivity index (χ0) is 40.8. The summed E-state index contributed by atoms with van der Waals surface area (Å²) in [6.07, 6.45) is 8.08. The van der Waals surface area contributed by atoms with E-state index in [0.717, 1.165) is 64.8 Å². The molecule has 16 nitrogen and oxygen atoms in total. The van der Waals surface area contributed by atoms with Gasteiger partial charge in [0.2, 0.25) is 17.7 Å². The van der Waals surface area contributed by atoms with Crippen LogP contribution < -0.4 is 15.4 Å². The van der Waals surface area contributed by atoms with Crippen molar-refractivity contribution in [2.45, 2.75) is 77.5 Å². The fourth-order valence-electron chi connectivity index (χ4n) is 8.54. The van der Waals surface area contributed by atoms with Crippen LogP contribution in [0.3, 0.4) is 0 Å². The summed E-state index contributed by atoms with van der Waals surface area (Å²) in [5.74, 6) is 1.55. The Bertz CT molecular complexity index is 2380. The summed E-state index contributed by atoms with van der Waals surface area (Å²) in [7, 11) is 1.28. The summed E-state index contributed by atoms with van der Waals surface area (Å²) in [6, 6.07) is 10.1. The Labute approximate surface area is 335 Å². The summed E-state index contributed by atoms with van der Waals surface area (Å²) in [6.45, 7) is 7.98. The Hall–Kier alpha value is -6.16. The van der Waals surface area contributed by atoms with Crippen molar-refractivity contribution in [3.05, 3.63) is 66.6 Å². The zero-order valence-corrected chi connectivity index (χ0v) is 33.2. The van der Waals surface area contributed by atoms with Crippen molar-refractivity contribution in [1.82, 2.24) is 44.9 Å². The molecule has 0 radical (unpaired) electrons. The molecule has 2 fully saturated rings. The molecule has 16 heteroatoms. The van der Waals surface area contributed by atoms with Gasteiger partial charge in [0, 0.05) is 35.8 Å². The normalized spacial score (nSPS) is 18.3. The smallest absolute Gasteiger partial charge is 0.407 e. The first-order valence-corrected chi connectivity index (χ1v) is 19.9. The highest BCUT2D eigenvalue weighted by atomic mass is 16.5. The fraction of sp³-hybridized carbons (Fsp3) is 0.429. The van der Waals surface area contributed by atoms with Gasteiger partial charge in [0.05, 0.1) is 54.2 Å². The topological polar surface area (TPSA) is 200 Å². The Morgan fingerprint density at radius 3 is 2.09 bits per heavy atom. The van der Waals surface area contributed by atoms with Crippen molar-refractivity contribution in [2.75, 3.05) is 26.8 Å². The molecule has 0 saturated carbocycles. The molecular formula is C42H49N9O7. The average Bonchev–Trinajstić information content (AvgIpc) is 4.07. The van der Waals surface area contributed by atoms with E-state index in [1.807, 2.05) is 64.2 Å². The molecule has 5 aromatic rings. The van der Waals surface area contributed by atoms with Crippen LogP contribution in [0.4, 0.5) is 4.79 Å². The number of hydrogen-bond donors (Lipinski definition) is 5. The second-order valence-electron chi connectivity index (χ2n) is 15.9. The highest BCUT2D eigenvalue weighted by Gasteiger charge is 2.39. The molecule has 2 aromatic carbocycles.